The monoisotopic (exact) mass is 539 g/mol. The van der Waals surface area contributed by atoms with Crippen molar-refractivity contribution in [3.8, 4) is 0 Å². The van der Waals surface area contributed by atoms with Gasteiger partial charge in [-0.25, -0.2) is 18.6 Å². The highest BCUT2D eigenvalue weighted by Crippen LogP contribution is 2.31. The van der Waals surface area contributed by atoms with Crippen molar-refractivity contribution in [2.24, 2.45) is 0 Å². The van der Waals surface area contributed by atoms with E-state index in [2.05, 4.69) is 49.5 Å². The summed E-state index contributed by atoms with van der Waals surface area (Å²) in [4.78, 5) is 26.9. The molecule has 2 N–H and O–H groups in total. The van der Waals surface area contributed by atoms with Gasteiger partial charge in [-0.05, 0) is 68.1 Å². The number of carbonyl (C=O) groups is 1. The Morgan fingerprint density at radius 1 is 1.21 bits per heavy atom. The fraction of sp³-hybridized carbons (Fsp3) is 0.464. The third kappa shape index (κ3) is 6.47. The van der Waals surface area contributed by atoms with Crippen molar-refractivity contribution in [3.05, 3.63) is 60.1 Å². The molecule has 208 valence electrons. The highest BCUT2D eigenvalue weighted by atomic mass is 19.3. The maximum absolute atomic E-state index is 13.7. The molecule has 0 aliphatic carbocycles. The predicted molar refractivity (Wildman–Crippen MR) is 147 cm³/mol. The molecule has 9 nitrogen and oxygen atoms in total. The van der Waals surface area contributed by atoms with Gasteiger partial charge in [0.2, 0.25) is 5.95 Å². The lowest BCUT2D eigenvalue weighted by Crippen LogP contribution is -2.50. The lowest BCUT2D eigenvalue weighted by molar-refractivity contribution is 0.151. The van der Waals surface area contributed by atoms with Crippen molar-refractivity contribution in [1.82, 2.24) is 19.8 Å². The number of amides is 1. The highest BCUT2D eigenvalue weighted by molar-refractivity contribution is 5.70. The Bertz CT molecular complexity index is 1220. The number of halogens is 2. The average Bonchev–Trinajstić information content (AvgIpc) is 3.32. The van der Waals surface area contributed by atoms with Gasteiger partial charge < -0.3 is 20.3 Å². The van der Waals surface area contributed by atoms with Crippen molar-refractivity contribution in [2.75, 3.05) is 54.8 Å². The fourth-order valence-corrected chi connectivity index (χ4v) is 5.34. The third-order valence-electron chi connectivity index (χ3n) is 7.45. The minimum absolute atomic E-state index is 0.0715. The van der Waals surface area contributed by atoms with Gasteiger partial charge in [0.05, 0.1) is 11.8 Å². The summed E-state index contributed by atoms with van der Waals surface area (Å²) < 4.78 is 32.3. The predicted octanol–water partition coefficient (Wildman–Crippen LogP) is 5.29. The van der Waals surface area contributed by atoms with E-state index in [-0.39, 0.29) is 17.3 Å². The Kier molecular flexibility index (Phi) is 8.55. The van der Waals surface area contributed by atoms with Gasteiger partial charge in [-0.3, -0.25) is 9.80 Å². The Balaban J connectivity index is 1.24. The number of cyclic esters (lactones) is 1. The minimum atomic E-state index is -2.72. The molecule has 1 amide bonds. The van der Waals surface area contributed by atoms with E-state index in [1.165, 1.54) is 36.2 Å². The van der Waals surface area contributed by atoms with Crippen LogP contribution in [0.25, 0.3) is 0 Å². The molecule has 11 heteroatoms. The van der Waals surface area contributed by atoms with Gasteiger partial charge in [0.15, 0.2) is 0 Å². The summed E-state index contributed by atoms with van der Waals surface area (Å²) in [7, 11) is 0. The maximum atomic E-state index is 13.7. The summed E-state index contributed by atoms with van der Waals surface area (Å²) in [6.45, 7) is 7.18. The van der Waals surface area contributed by atoms with E-state index in [1.54, 1.807) is 18.4 Å². The number of nitrogens with zero attached hydrogens (tertiary/aromatic N) is 5. The lowest BCUT2D eigenvalue weighted by atomic mass is 10.1. The molecule has 3 aliphatic heterocycles. The van der Waals surface area contributed by atoms with E-state index < -0.39 is 12.5 Å². The highest BCUT2D eigenvalue weighted by Gasteiger charge is 2.30. The second-order valence-electron chi connectivity index (χ2n) is 9.92. The molecule has 3 aliphatic rings. The third-order valence-corrected chi connectivity index (χ3v) is 7.45. The number of benzene rings is 1. The zero-order valence-corrected chi connectivity index (χ0v) is 22.2. The number of aromatic nitrogens is 2. The first kappa shape index (κ1) is 26.9. The van der Waals surface area contributed by atoms with Crippen LogP contribution in [0.5, 0.6) is 0 Å². The van der Waals surface area contributed by atoms with E-state index in [1.807, 2.05) is 6.07 Å². The molecule has 2 fully saturated rings. The van der Waals surface area contributed by atoms with Crippen LogP contribution in [0.15, 0.2) is 49.0 Å². The molecule has 2 saturated heterocycles. The molecule has 5 rings (SSSR count). The second-order valence-corrected chi connectivity index (χ2v) is 9.92. The molecule has 0 unspecified atom stereocenters. The number of aryl methyl sites for hydroxylation is 1. The molecule has 1 aromatic heterocycles. The number of carbonyl (C=O) groups excluding carboxylic acids is 1. The smallest absolute Gasteiger partial charge is 0.418 e. The minimum Gasteiger partial charge on any atom is -0.418 e. The topological polar surface area (TPSA) is 85.9 Å². The fourth-order valence-electron chi connectivity index (χ4n) is 5.34. The molecule has 0 bridgehead atoms. The van der Waals surface area contributed by atoms with Crippen LogP contribution >= 0.6 is 0 Å². The first-order valence-corrected chi connectivity index (χ1v) is 13.6. The molecule has 39 heavy (non-hydrogen) atoms. The first-order valence-electron chi connectivity index (χ1n) is 13.6. The summed E-state index contributed by atoms with van der Waals surface area (Å²) in [6.07, 6.45) is 8.06. The zero-order valence-electron chi connectivity index (χ0n) is 22.2. The van der Waals surface area contributed by atoms with Crippen molar-refractivity contribution >= 4 is 29.2 Å². The van der Waals surface area contributed by atoms with Gasteiger partial charge in [0, 0.05) is 62.5 Å². The number of alkyl halides is 2. The largest absolute Gasteiger partial charge is 0.418 e. The van der Waals surface area contributed by atoms with Crippen LogP contribution in [0.4, 0.5) is 36.7 Å². The van der Waals surface area contributed by atoms with Crippen molar-refractivity contribution in [2.45, 2.75) is 45.1 Å². The van der Waals surface area contributed by atoms with Gasteiger partial charge in [-0.2, -0.15) is 4.98 Å². The normalized spacial score (nSPS) is 19.3. The van der Waals surface area contributed by atoms with E-state index in [4.69, 9.17) is 4.74 Å². The summed E-state index contributed by atoms with van der Waals surface area (Å²) in [5, 5.41) is 6.22. The number of allylic oxidation sites excluding steroid dienone is 2. The number of rotatable bonds is 10. The standard InChI is InChI=1S/C28H35F2N7O2/c1-2-20-17-21(37-15-14-35-12-5-7-22(35)19-37)8-9-24(20)33-27-32-18-23(25(29)30)26(34-27)31-10-6-13-36-11-3-4-16-39-28(36)38/h3-4,8-9,11,16-18,22,25H,2,5-7,10,12-15,19H2,1H3,(H2,31,32,33,34)/t22-/m1/s1. The number of fused-ring (bicyclic) bond motifs is 1. The van der Waals surface area contributed by atoms with Gasteiger partial charge in [0.1, 0.15) is 5.82 Å². The molecule has 1 atom stereocenters. The molecular weight excluding hydrogens is 504 g/mol. The first-order chi connectivity index (χ1) is 19.0. The zero-order chi connectivity index (χ0) is 27.2. The van der Waals surface area contributed by atoms with Gasteiger partial charge in [-0.1, -0.05) is 6.92 Å². The summed E-state index contributed by atoms with van der Waals surface area (Å²) >= 11 is 0. The molecule has 4 heterocycles. The Morgan fingerprint density at radius 3 is 2.95 bits per heavy atom. The van der Waals surface area contributed by atoms with E-state index in [9.17, 15) is 13.6 Å². The SMILES string of the molecule is CCc1cc(N2CCN3CCC[C@@H]3C2)ccc1Nc1ncc(C(F)F)c(NCCCN2C=CC=COC2=O)n1. The average molecular weight is 540 g/mol. The van der Waals surface area contributed by atoms with Crippen LogP contribution in [0.2, 0.25) is 0 Å². The van der Waals surface area contributed by atoms with E-state index >= 15 is 0 Å². The van der Waals surface area contributed by atoms with Crippen LogP contribution in [-0.4, -0.2) is 71.2 Å². The van der Waals surface area contributed by atoms with Crippen LogP contribution in [0, 0.1) is 0 Å². The maximum Gasteiger partial charge on any atom is 0.418 e. The number of anilines is 4. The van der Waals surface area contributed by atoms with Crippen LogP contribution in [-0.2, 0) is 11.2 Å². The van der Waals surface area contributed by atoms with Gasteiger partial charge >= 0.3 is 6.09 Å². The number of piperazine rings is 1. The Morgan fingerprint density at radius 2 is 2.10 bits per heavy atom. The van der Waals surface area contributed by atoms with E-state index in [0.29, 0.717) is 25.6 Å². The summed E-state index contributed by atoms with van der Waals surface area (Å²) in [5.41, 5.74) is 2.91. The van der Waals surface area contributed by atoms with Crippen molar-refractivity contribution in [1.29, 1.82) is 0 Å². The number of hydrogen-bond donors (Lipinski definition) is 2. The quantitative estimate of drug-likeness (QED) is 0.394. The Labute approximate surface area is 227 Å². The Hall–Kier alpha value is -3.73. The second kappa shape index (κ2) is 12.4. The van der Waals surface area contributed by atoms with Crippen molar-refractivity contribution < 1.29 is 18.3 Å². The molecular formula is C28H35F2N7O2. The molecule has 1 aromatic carbocycles. The van der Waals surface area contributed by atoms with E-state index in [0.717, 1.165) is 43.5 Å². The molecule has 2 aromatic rings. The van der Waals surface area contributed by atoms with Crippen LogP contribution in [0.3, 0.4) is 0 Å². The summed E-state index contributed by atoms with van der Waals surface area (Å²) in [5.74, 6) is 0.316. The number of ether oxygens (including phenoxy) is 1. The van der Waals surface area contributed by atoms with Gasteiger partial charge in [0.25, 0.3) is 6.43 Å². The molecule has 0 saturated carbocycles. The lowest BCUT2D eigenvalue weighted by Gasteiger charge is -2.39. The van der Waals surface area contributed by atoms with Crippen LogP contribution in [0.1, 0.15) is 43.7 Å². The number of nitrogens with one attached hydrogen (secondary N) is 2. The summed E-state index contributed by atoms with van der Waals surface area (Å²) in [6, 6.07) is 6.98. The number of hydrogen-bond acceptors (Lipinski definition) is 8. The van der Waals surface area contributed by atoms with Crippen molar-refractivity contribution in [3.63, 3.8) is 0 Å². The molecule has 0 radical (unpaired) electrons. The van der Waals surface area contributed by atoms with Gasteiger partial charge in [-0.15, -0.1) is 0 Å². The van der Waals surface area contributed by atoms with Crippen LogP contribution < -0.4 is 15.5 Å². The molecule has 0 spiro atoms.